The second kappa shape index (κ2) is 7.77. The van der Waals surface area contributed by atoms with Crippen molar-refractivity contribution in [3.05, 3.63) is 30.1 Å². The van der Waals surface area contributed by atoms with Crippen LogP contribution in [-0.2, 0) is 4.79 Å². The van der Waals surface area contributed by atoms with E-state index in [-0.39, 0.29) is 17.3 Å². The molecule has 104 valence electrons. The molecule has 0 radical (unpaired) electrons. The second-order valence-electron chi connectivity index (χ2n) is 4.36. The lowest BCUT2D eigenvalue weighted by atomic mass is 10.2. The molecule has 1 aromatic rings. The summed E-state index contributed by atoms with van der Waals surface area (Å²) in [6.07, 6.45) is 6.72. The smallest absolute Gasteiger partial charge is 0.238 e. The van der Waals surface area contributed by atoms with Crippen molar-refractivity contribution in [2.75, 3.05) is 24.3 Å². The summed E-state index contributed by atoms with van der Waals surface area (Å²) >= 11 is 3.56. The topological polar surface area (TPSA) is 54.0 Å². The first kappa shape index (κ1) is 14.7. The molecule has 1 amide bonds. The molecule has 1 saturated heterocycles. The van der Waals surface area contributed by atoms with Crippen LogP contribution >= 0.6 is 23.5 Å². The summed E-state index contributed by atoms with van der Waals surface area (Å²) in [5, 5.41) is 6.52. The first-order valence-electron chi connectivity index (χ1n) is 6.35. The van der Waals surface area contributed by atoms with Gasteiger partial charge in [0.15, 0.2) is 0 Å². The first-order chi connectivity index (χ1) is 9.31. The minimum atomic E-state index is -0.0931. The molecule has 1 aliphatic heterocycles. The molecule has 1 aromatic heterocycles. The Labute approximate surface area is 122 Å². The number of hydrogen-bond acceptors (Lipinski definition) is 5. The van der Waals surface area contributed by atoms with Gasteiger partial charge in [-0.25, -0.2) is 0 Å². The summed E-state index contributed by atoms with van der Waals surface area (Å²) in [7, 11) is 0. The summed E-state index contributed by atoms with van der Waals surface area (Å²) in [5.41, 5.74) is 1.13. The molecule has 0 aliphatic carbocycles. The largest absolute Gasteiger partial charge is 0.355 e. The average Bonchev–Trinajstić information content (AvgIpc) is 2.94. The Morgan fingerprint density at radius 2 is 2.58 bits per heavy atom. The second-order valence-corrected chi connectivity index (χ2v) is 6.48. The monoisotopic (exact) mass is 297 g/mol. The van der Waals surface area contributed by atoms with E-state index in [2.05, 4.69) is 21.9 Å². The highest BCUT2D eigenvalue weighted by Gasteiger charge is 2.30. The summed E-state index contributed by atoms with van der Waals surface area (Å²) in [6.45, 7) is 0.764. The van der Waals surface area contributed by atoms with Crippen LogP contribution in [0.15, 0.2) is 24.5 Å². The van der Waals surface area contributed by atoms with Crippen molar-refractivity contribution in [1.29, 1.82) is 0 Å². The van der Waals surface area contributed by atoms with E-state index in [4.69, 9.17) is 0 Å². The number of rotatable bonds is 6. The number of nitrogens with zero attached hydrogens (tertiary/aromatic N) is 1. The van der Waals surface area contributed by atoms with Gasteiger partial charge in [-0.05, 0) is 30.1 Å². The van der Waals surface area contributed by atoms with E-state index in [1.165, 1.54) is 0 Å². The highest BCUT2D eigenvalue weighted by Crippen LogP contribution is 2.32. The van der Waals surface area contributed by atoms with Gasteiger partial charge < -0.3 is 5.32 Å². The number of amides is 1. The van der Waals surface area contributed by atoms with Crippen LogP contribution in [-0.4, -0.2) is 41.2 Å². The predicted molar refractivity (Wildman–Crippen MR) is 82.4 cm³/mol. The normalized spacial score (nSPS) is 22.4. The Kier molecular flexibility index (Phi) is 6.00. The van der Waals surface area contributed by atoms with Crippen LogP contribution in [0.1, 0.15) is 17.4 Å². The number of pyridine rings is 1. The zero-order valence-corrected chi connectivity index (χ0v) is 12.6. The first-order valence-corrected chi connectivity index (χ1v) is 8.79. The molecule has 1 aliphatic rings. The van der Waals surface area contributed by atoms with E-state index in [9.17, 15) is 4.79 Å². The summed E-state index contributed by atoms with van der Waals surface area (Å²) < 4.78 is 0. The number of nitrogens with one attached hydrogen (secondary N) is 2. The van der Waals surface area contributed by atoms with Crippen molar-refractivity contribution < 1.29 is 4.79 Å². The minimum absolute atomic E-state index is 0.0931. The summed E-state index contributed by atoms with van der Waals surface area (Å²) in [6, 6.07) is 3.87. The van der Waals surface area contributed by atoms with Crippen molar-refractivity contribution in [3.8, 4) is 0 Å². The SMILES string of the molecule is CSCCCNC(=O)C1CSC(c2cccnc2)N1. The third-order valence-corrected chi connectivity index (χ3v) is 4.87. The van der Waals surface area contributed by atoms with E-state index >= 15 is 0 Å². The van der Waals surface area contributed by atoms with Crippen LogP contribution in [0.4, 0.5) is 0 Å². The van der Waals surface area contributed by atoms with Crippen LogP contribution in [0.2, 0.25) is 0 Å². The van der Waals surface area contributed by atoms with Crippen molar-refractivity contribution >= 4 is 29.4 Å². The van der Waals surface area contributed by atoms with Gasteiger partial charge in [-0.2, -0.15) is 11.8 Å². The molecule has 2 atom stereocenters. The summed E-state index contributed by atoms with van der Waals surface area (Å²) in [5.74, 6) is 2.01. The fraction of sp³-hybridized carbons (Fsp3) is 0.538. The maximum absolute atomic E-state index is 12.0. The van der Waals surface area contributed by atoms with Crippen molar-refractivity contribution in [2.24, 2.45) is 0 Å². The lowest BCUT2D eigenvalue weighted by Crippen LogP contribution is -2.42. The van der Waals surface area contributed by atoms with Gasteiger partial charge in [0.05, 0.1) is 11.4 Å². The Balaban J connectivity index is 1.77. The Morgan fingerprint density at radius 1 is 1.68 bits per heavy atom. The van der Waals surface area contributed by atoms with Crippen molar-refractivity contribution in [2.45, 2.75) is 17.8 Å². The number of carbonyl (C=O) groups excluding carboxylic acids is 1. The van der Waals surface area contributed by atoms with Gasteiger partial charge in [-0.15, -0.1) is 11.8 Å². The molecule has 2 unspecified atom stereocenters. The number of aromatic nitrogens is 1. The van der Waals surface area contributed by atoms with Crippen molar-refractivity contribution in [1.82, 2.24) is 15.6 Å². The fourth-order valence-corrected chi connectivity index (χ4v) is 3.56. The molecule has 4 nitrogen and oxygen atoms in total. The van der Waals surface area contributed by atoms with E-state index in [1.807, 2.05) is 18.3 Å². The summed E-state index contributed by atoms with van der Waals surface area (Å²) in [4.78, 5) is 16.1. The quantitative estimate of drug-likeness (QED) is 0.782. The Hall–Kier alpha value is -0.720. The molecular formula is C13H19N3OS2. The van der Waals surface area contributed by atoms with Crippen LogP contribution in [0.3, 0.4) is 0 Å². The van der Waals surface area contributed by atoms with Crippen LogP contribution < -0.4 is 10.6 Å². The molecule has 1 fully saturated rings. The average molecular weight is 297 g/mol. The lowest BCUT2D eigenvalue weighted by Gasteiger charge is -2.13. The van der Waals surface area contributed by atoms with Gasteiger partial charge >= 0.3 is 0 Å². The van der Waals surface area contributed by atoms with E-state index in [0.29, 0.717) is 0 Å². The minimum Gasteiger partial charge on any atom is -0.355 e. The third-order valence-electron chi connectivity index (χ3n) is 2.91. The van der Waals surface area contributed by atoms with Gasteiger partial charge in [0.2, 0.25) is 5.91 Å². The van der Waals surface area contributed by atoms with Gasteiger partial charge in [-0.3, -0.25) is 15.1 Å². The number of carbonyl (C=O) groups is 1. The molecule has 6 heteroatoms. The molecule has 2 heterocycles. The van der Waals surface area contributed by atoms with Gasteiger partial charge in [0.1, 0.15) is 0 Å². The number of thioether (sulfide) groups is 2. The third kappa shape index (κ3) is 4.40. The Bertz CT molecular complexity index is 402. The maximum atomic E-state index is 12.0. The van der Waals surface area contributed by atoms with Crippen LogP contribution in [0.25, 0.3) is 0 Å². The predicted octanol–water partition coefficient (Wildman–Crippen LogP) is 1.65. The van der Waals surface area contributed by atoms with E-state index in [0.717, 1.165) is 30.0 Å². The molecular weight excluding hydrogens is 278 g/mol. The van der Waals surface area contributed by atoms with E-state index < -0.39 is 0 Å². The number of hydrogen-bond donors (Lipinski definition) is 2. The highest BCUT2D eigenvalue weighted by molar-refractivity contribution is 7.99. The van der Waals surface area contributed by atoms with Crippen LogP contribution in [0.5, 0.6) is 0 Å². The standard InChI is InChI=1S/C13H19N3OS2/c1-18-7-3-6-15-12(17)11-9-19-13(16-11)10-4-2-5-14-8-10/h2,4-5,8,11,13,16H,3,6-7,9H2,1H3,(H,15,17). The molecule has 2 N–H and O–H groups in total. The molecule has 0 saturated carbocycles. The van der Waals surface area contributed by atoms with Crippen LogP contribution in [0, 0.1) is 0 Å². The maximum Gasteiger partial charge on any atom is 0.238 e. The van der Waals surface area contributed by atoms with Gasteiger partial charge in [0.25, 0.3) is 0 Å². The molecule has 0 aromatic carbocycles. The molecule has 19 heavy (non-hydrogen) atoms. The highest BCUT2D eigenvalue weighted by atomic mass is 32.2. The Morgan fingerprint density at radius 3 is 3.32 bits per heavy atom. The molecule has 0 bridgehead atoms. The lowest BCUT2D eigenvalue weighted by molar-refractivity contribution is -0.122. The molecule has 0 spiro atoms. The van der Waals surface area contributed by atoms with Gasteiger partial charge in [-0.1, -0.05) is 6.07 Å². The van der Waals surface area contributed by atoms with Gasteiger partial charge in [0, 0.05) is 24.7 Å². The fourth-order valence-electron chi connectivity index (χ4n) is 1.90. The zero-order valence-electron chi connectivity index (χ0n) is 11.0. The van der Waals surface area contributed by atoms with E-state index in [1.54, 1.807) is 29.7 Å². The zero-order chi connectivity index (χ0) is 13.5. The van der Waals surface area contributed by atoms with Crippen molar-refractivity contribution in [3.63, 3.8) is 0 Å². The molecule has 2 rings (SSSR count).